The summed E-state index contributed by atoms with van der Waals surface area (Å²) in [6.45, 7) is 3.85. The largest absolute Gasteiger partial charge is 0.418 e. The Bertz CT molecular complexity index is 804. The molecule has 2 aromatic heterocycles. The predicted octanol–water partition coefficient (Wildman–Crippen LogP) is 2.78. The number of hydrogen-bond donors (Lipinski definition) is 1. The van der Waals surface area contributed by atoms with Crippen molar-refractivity contribution in [2.75, 3.05) is 0 Å². The molecule has 0 fully saturated rings. The summed E-state index contributed by atoms with van der Waals surface area (Å²) in [5, 5.41) is 4.40. The number of hydrogen-bond acceptors (Lipinski definition) is 4. The molecule has 0 amide bonds. The molecule has 0 saturated heterocycles. The van der Waals surface area contributed by atoms with Crippen molar-refractivity contribution in [1.82, 2.24) is 14.8 Å². The Hall–Kier alpha value is -2.47. The molecule has 21 heavy (non-hydrogen) atoms. The van der Waals surface area contributed by atoms with Crippen LogP contribution in [0.2, 0.25) is 0 Å². The van der Waals surface area contributed by atoms with E-state index < -0.39 is 0 Å². The van der Waals surface area contributed by atoms with Crippen molar-refractivity contribution in [1.29, 1.82) is 0 Å². The van der Waals surface area contributed by atoms with Crippen LogP contribution in [-0.2, 0) is 0 Å². The minimum atomic E-state index is 0.184. The second-order valence-corrected chi connectivity index (χ2v) is 5.18. The summed E-state index contributed by atoms with van der Waals surface area (Å²) in [6.07, 6.45) is 0. The molecule has 3 rings (SSSR count). The van der Waals surface area contributed by atoms with Gasteiger partial charge in [0.15, 0.2) is 5.69 Å². The van der Waals surface area contributed by atoms with Crippen LogP contribution in [0, 0.1) is 13.8 Å². The summed E-state index contributed by atoms with van der Waals surface area (Å²) < 4.78 is 7.53. The summed E-state index contributed by atoms with van der Waals surface area (Å²) >= 11 is 5.08. The first kappa shape index (κ1) is 13.5. The Kier molecular flexibility index (Phi) is 3.31. The molecule has 0 spiro atoms. The Labute approximate surface area is 127 Å². The molecule has 0 atom stereocenters. The van der Waals surface area contributed by atoms with Gasteiger partial charge in [0.25, 0.3) is 5.88 Å². The number of nitrogens with two attached hydrogens (primary N) is 1. The second-order valence-electron chi connectivity index (χ2n) is 4.74. The molecule has 3 aromatic rings. The van der Waals surface area contributed by atoms with Crippen molar-refractivity contribution in [3.63, 3.8) is 0 Å². The van der Waals surface area contributed by atoms with Gasteiger partial charge in [0.1, 0.15) is 4.99 Å². The van der Waals surface area contributed by atoms with E-state index in [0.717, 1.165) is 17.0 Å². The van der Waals surface area contributed by atoms with Crippen molar-refractivity contribution >= 4 is 17.2 Å². The van der Waals surface area contributed by atoms with Gasteiger partial charge in [-0.05, 0) is 32.0 Å². The molecular weight excluding hydrogens is 284 g/mol. The van der Waals surface area contributed by atoms with Crippen molar-refractivity contribution in [3.05, 3.63) is 53.5 Å². The maximum absolute atomic E-state index is 5.86. The minimum Gasteiger partial charge on any atom is -0.418 e. The van der Waals surface area contributed by atoms with Crippen LogP contribution in [0.25, 0.3) is 17.3 Å². The van der Waals surface area contributed by atoms with Gasteiger partial charge in [-0.2, -0.15) is 5.10 Å². The number of aryl methyl sites for hydroxylation is 2. The molecule has 106 valence electrons. The molecule has 0 aliphatic heterocycles. The van der Waals surface area contributed by atoms with E-state index in [2.05, 4.69) is 10.1 Å². The Balaban J connectivity index is 2.18. The number of aromatic nitrogens is 3. The summed E-state index contributed by atoms with van der Waals surface area (Å²) in [6, 6.07) is 11.6. The highest BCUT2D eigenvalue weighted by Crippen LogP contribution is 2.25. The molecular formula is C15H14N4OS. The minimum absolute atomic E-state index is 0.184. The van der Waals surface area contributed by atoms with E-state index in [9.17, 15) is 0 Å². The SMILES string of the molecule is Cc1cc(C)n(-c2oc(-c3ccccc3)nc2C(N)=S)n1. The van der Waals surface area contributed by atoms with Gasteiger partial charge in [-0.1, -0.05) is 30.4 Å². The van der Waals surface area contributed by atoms with Gasteiger partial charge in [0.2, 0.25) is 5.89 Å². The van der Waals surface area contributed by atoms with Gasteiger partial charge >= 0.3 is 0 Å². The van der Waals surface area contributed by atoms with Crippen LogP contribution in [0.5, 0.6) is 0 Å². The first-order valence-corrected chi connectivity index (χ1v) is 6.87. The van der Waals surface area contributed by atoms with Gasteiger partial charge in [-0.3, -0.25) is 0 Å². The average Bonchev–Trinajstić information content (AvgIpc) is 3.03. The van der Waals surface area contributed by atoms with Crippen molar-refractivity contribution < 1.29 is 4.42 Å². The molecule has 6 heteroatoms. The third-order valence-corrected chi connectivity index (χ3v) is 3.26. The van der Waals surface area contributed by atoms with Crippen LogP contribution in [0.15, 0.2) is 40.8 Å². The monoisotopic (exact) mass is 298 g/mol. The van der Waals surface area contributed by atoms with E-state index in [1.165, 1.54) is 0 Å². The summed E-state index contributed by atoms with van der Waals surface area (Å²) in [5.74, 6) is 0.924. The summed E-state index contributed by atoms with van der Waals surface area (Å²) in [4.78, 5) is 4.60. The molecule has 0 aliphatic rings. The zero-order valence-corrected chi connectivity index (χ0v) is 12.5. The van der Waals surface area contributed by atoms with E-state index >= 15 is 0 Å². The number of oxazole rings is 1. The lowest BCUT2D eigenvalue weighted by molar-refractivity contribution is 0.524. The predicted molar refractivity (Wildman–Crippen MR) is 84.4 cm³/mol. The molecule has 0 aliphatic carbocycles. The van der Waals surface area contributed by atoms with Gasteiger partial charge < -0.3 is 10.2 Å². The first-order valence-electron chi connectivity index (χ1n) is 6.46. The molecule has 0 radical (unpaired) electrons. The quantitative estimate of drug-likeness (QED) is 0.753. The number of rotatable bonds is 3. The normalized spacial score (nSPS) is 10.8. The van der Waals surface area contributed by atoms with Crippen molar-refractivity contribution in [2.45, 2.75) is 13.8 Å². The van der Waals surface area contributed by atoms with Crippen LogP contribution in [0.3, 0.4) is 0 Å². The zero-order chi connectivity index (χ0) is 15.0. The lowest BCUT2D eigenvalue weighted by Gasteiger charge is -2.01. The summed E-state index contributed by atoms with van der Waals surface area (Å²) in [5.41, 5.74) is 8.89. The third-order valence-electron chi connectivity index (χ3n) is 3.07. The highest BCUT2D eigenvalue weighted by atomic mass is 32.1. The second kappa shape index (κ2) is 5.14. The Morgan fingerprint density at radius 1 is 1.24 bits per heavy atom. The van der Waals surface area contributed by atoms with E-state index in [0.29, 0.717) is 17.5 Å². The fourth-order valence-corrected chi connectivity index (χ4v) is 2.29. The number of nitrogens with zero attached hydrogens (tertiary/aromatic N) is 3. The first-order chi connectivity index (χ1) is 10.1. The summed E-state index contributed by atoms with van der Waals surface area (Å²) in [7, 11) is 0. The van der Waals surface area contributed by atoms with E-state index in [1.807, 2.05) is 50.2 Å². The highest BCUT2D eigenvalue weighted by Gasteiger charge is 2.20. The Morgan fingerprint density at radius 3 is 2.52 bits per heavy atom. The van der Waals surface area contributed by atoms with E-state index in [1.54, 1.807) is 4.68 Å². The van der Waals surface area contributed by atoms with Gasteiger partial charge in [-0.25, -0.2) is 9.67 Å². The standard InChI is InChI=1S/C15H14N4OS/c1-9-8-10(2)19(18-9)15-12(13(16)21)17-14(20-15)11-6-4-3-5-7-11/h3-8H,1-2H3,(H2,16,21). The third kappa shape index (κ3) is 2.45. The number of thiocarbonyl (C=S) groups is 1. The van der Waals surface area contributed by atoms with Crippen LogP contribution >= 0.6 is 12.2 Å². The van der Waals surface area contributed by atoms with Crippen LogP contribution < -0.4 is 5.73 Å². The molecule has 5 nitrogen and oxygen atoms in total. The molecule has 2 N–H and O–H groups in total. The maximum Gasteiger partial charge on any atom is 0.251 e. The van der Waals surface area contributed by atoms with Crippen LogP contribution in [0.1, 0.15) is 17.1 Å². The molecule has 2 heterocycles. The highest BCUT2D eigenvalue weighted by molar-refractivity contribution is 7.80. The smallest absolute Gasteiger partial charge is 0.251 e. The number of benzene rings is 1. The van der Waals surface area contributed by atoms with E-state index in [-0.39, 0.29) is 4.99 Å². The molecule has 1 aromatic carbocycles. The van der Waals surface area contributed by atoms with Gasteiger partial charge in [0, 0.05) is 11.3 Å². The lowest BCUT2D eigenvalue weighted by Crippen LogP contribution is -2.14. The Morgan fingerprint density at radius 2 is 1.95 bits per heavy atom. The van der Waals surface area contributed by atoms with Crippen molar-refractivity contribution in [2.24, 2.45) is 5.73 Å². The van der Waals surface area contributed by atoms with E-state index in [4.69, 9.17) is 22.4 Å². The lowest BCUT2D eigenvalue weighted by atomic mass is 10.2. The molecule has 0 unspecified atom stereocenters. The topological polar surface area (TPSA) is 69.9 Å². The van der Waals surface area contributed by atoms with Crippen LogP contribution in [0.4, 0.5) is 0 Å². The fraction of sp³-hybridized carbons (Fsp3) is 0.133. The average molecular weight is 298 g/mol. The fourth-order valence-electron chi connectivity index (χ4n) is 2.15. The van der Waals surface area contributed by atoms with Gasteiger partial charge in [-0.15, -0.1) is 0 Å². The molecule has 0 saturated carbocycles. The zero-order valence-electron chi connectivity index (χ0n) is 11.7. The molecule has 0 bridgehead atoms. The van der Waals surface area contributed by atoms with Gasteiger partial charge in [0.05, 0.1) is 5.69 Å². The van der Waals surface area contributed by atoms with Crippen LogP contribution in [-0.4, -0.2) is 19.8 Å². The van der Waals surface area contributed by atoms with Crippen molar-refractivity contribution in [3.8, 4) is 17.3 Å². The maximum atomic E-state index is 5.86.